The summed E-state index contributed by atoms with van der Waals surface area (Å²) in [5.41, 5.74) is 7.48. The highest BCUT2D eigenvalue weighted by atomic mass is 16.5. The van der Waals surface area contributed by atoms with Crippen LogP contribution in [-0.4, -0.2) is 25.6 Å². The lowest BCUT2D eigenvalue weighted by Crippen LogP contribution is -2.43. The van der Waals surface area contributed by atoms with Crippen molar-refractivity contribution in [3.63, 3.8) is 0 Å². The molecular weight excluding hydrogens is 192 g/mol. The molecule has 0 spiro atoms. The second-order valence-electron chi connectivity index (χ2n) is 3.74. The summed E-state index contributed by atoms with van der Waals surface area (Å²) in [4.78, 5) is 13.3. The molecule has 1 aromatic rings. The molecule has 0 aromatic heterocycles. The smallest absolute Gasteiger partial charge is 0.247 e. The molecule has 1 atom stereocenters. The number of nitrogens with two attached hydrogens (primary N) is 1. The van der Waals surface area contributed by atoms with Gasteiger partial charge < -0.3 is 15.4 Å². The van der Waals surface area contributed by atoms with E-state index in [1.165, 1.54) is 0 Å². The van der Waals surface area contributed by atoms with Gasteiger partial charge in [0.1, 0.15) is 18.4 Å². The molecule has 0 bridgehead atoms. The van der Waals surface area contributed by atoms with Crippen molar-refractivity contribution >= 4 is 11.6 Å². The largest absolute Gasteiger partial charge is 0.489 e. The fraction of sp³-hybridized carbons (Fsp3) is 0.364. The summed E-state index contributed by atoms with van der Waals surface area (Å²) in [7, 11) is 1.72. The number of fused-ring (bicyclic) bond motifs is 1. The fourth-order valence-electron chi connectivity index (χ4n) is 1.70. The Labute approximate surface area is 88.6 Å². The lowest BCUT2D eigenvalue weighted by atomic mass is 10.2. The molecule has 1 amide bonds. The third-order valence-electron chi connectivity index (χ3n) is 2.61. The summed E-state index contributed by atoms with van der Waals surface area (Å²) in [5.74, 6) is 0.639. The SMILES string of the molecule is Cc1cccc2c1OCC(N)C(=O)N2C. The van der Waals surface area contributed by atoms with E-state index in [4.69, 9.17) is 10.5 Å². The highest BCUT2D eigenvalue weighted by molar-refractivity contribution is 5.98. The summed E-state index contributed by atoms with van der Waals surface area (Å²) in [6.07, 6.45) is 0. The Morgan fingerprint density at radius 3 is 3.00 bits per heavy atom. The Bertz CT molecular complexity index is 404. The molecule has 1 heterocycles. The zero-order chi connectivity index (χ0) is 11.0. The third kappa shape index (κ3) is 1.57. The van der Waals surface area contributed by atoms with Gasteiger partial charge in [-0.1, -0.05) is 12.1 Å². The Hall–Kier alpha value is -1.55. The molecule has 2 N–H and O–H groups in total. The Balaban J connectivity index is 2.52. The predicted molar refractivity (Wildman–Crippen MR) is 58.1 cm³/mol. The van der Waals surface area contributed by atoms with Gasteiger partial charge in [-0.25, -0.2) is 0 Å². The highest BCUT2D eigenvalue weighted by Crippen LogP contribution is 2.33. The number of likely N-dealkylation sites (N-methyl/N-ethyl adjacent to an activating group) is 1. The number of carbonyl (C=O) groups is 1. The molecule has 1 aliphatic rings. The van der Waals surface area contributed by atoms with E-state index >= 15 is 0 Å². The van der Waals surface area contributed by atoms with Crippen LogP contribution in [0.5, 0.6) is 5.75 Å². The lowest BCUT2D eigenvalue weighted by molar-refractivity contribution is -0.119. The monoisotopic (exact) mass is 206 g/mol. The summed E-state index contributed by atoms with van der Waals surface area (Å²) < 4.78 is 5.54. The molecule has 0 fully saturated rings. The van der Waals surface area contributed by atoms with Gasteiger partial charge in [0.05, 0.1) is 5.69 Å². The maximum Gasteiger partial charge on any atom is 0.247 e. The van der Waals surface area contributed by atoms with Gasteiger partial charge in [-0.05, 0) is 18.6 Å². The molecular formula is C11H14N2O2. The average molecular weight is 206 g/mol. The third-order valence-corrected chi connectivity index (χ3v) is 2.61. The number of rotatable bonds is 0. The van der Waals surface area contributed by atoms with Gasteiger partial charge in [0.2, 0.25) is 5.91 Å². The van der Waals surface area contributed by atoms with Crippen molar-refractivity contribution in [2.24, 2.45) is 5.73 Å². The molecule has 0 saturated heterocycles. The van der Waals surface area contributed by atoms with E-state index < -0.39 is 6.04 Å². The molecule has 80 valence electrons. The standard InChI is InChI=1S/C11H14N2O2/c1-7-4-3-5-9-10(7)15-6-8(12)11(14)13(9)2/h3-5,8H,6,12H2,1-2H3. The number of aryl methyl sites for hydroxylation is 1. The molecule has 0 radical (unpaired) electrons. The fourth-order valence-corrected chi connectivity index (χ4v) is 1.70. The Morgan fingerprint density at radius 2 is 2.27 bits per heavy atom. The first-order valence-electron chi connectivity index (χ1n) is 4.87. The van der Waals surface area contributed by atoms with Gasteiger partial charge in [-0.2, -0.15) is 0 Å². The number of nitrogens with zero attached hydrogens (tertiary/aromatic N) is 1. The first-order chi connectivity index (χ1) is 7.11. The number of benzene rings is 1. The minimum absolute atomic E-state index is 0.112. The normalized spacial score (nSPS) is 20.6. The van der Waals surface area contributed by atoms with Crippen molar-refractivity contribution in [1.82, 2.24) is 0 Å². The number of para-hydroxylation sites is 1. The van der Waals surface area contributed by atoms with Crippen LogP contribution in [0, 0.1) is 6.92 Å². The predicted octanol–water partition coefficient (Wildman–Crippen LogP) is 0.678. The van der Waals surface area contributed by atoms with E-state index in [9.17, 15) is 4.79 Å². The zero-order valence-corrected chi connectivity index (χ0v) is 8.86. The van der Waals surface area contributed by atoms with Crippen LogP contribution >= 0.6 is 0 Å². The van der Waals surface area contributed by atoms with Crippen LogP contribution in [0.25, 0.3) is 0 Å². The molecule has 15 heavy (non-hydrogen) atoms. The molecule has 2 rings (SSSR count). The van der Waals surface area contributed by atoms with Crippen LogP contribution in [0.15, 0.2) is 18.2 Å². The van der Waals surface area contributed by atoms with Crippen molar-refractivity contribution in [2.75, 3.05) is 18.6 Å². The van der Waals surface area contributed by atoms with Gasteiger partial charge in [0.25, 0.3) is 0 Å². The summed E-state index contributed by atoms with van der Waals surface area (Å²) in [6, 6.07) is 5.13. The minimum atomic E-state index is -0.582. The topological polar surface area (TPSA) is 55.6 Å². The molecule has 1 unspecified atom stereocenters. The molecule has 4 nitrogen and oxygen atoms in total. The first-order valence-corrected chi connectivity index (χ1v) is 4.87. The number of anilines is 1. The molecule has 4 heteroatoms. The van der Waals surface area contributed by atoms with Gasteiger partial charge in [0.15, 0.2) is 0 Å². The van der Waals surface area contributed by atoms with Crippen LogP contribution in [0.2, 0.25) is 0 Å². The average Bonchev–Trinajstić information content (AvgIpc) is 2.33. The van der Waals surface area contributed by atoms with E-state index in [0.29, 0.717) is 0 Å². The van der Waals surface area contributed by atoms with Gasteiger partial charge in [-0.15, -0.1) is 0 Å². The van der Waals surface area contributed by atoms with Gasteiger partial charge >= 0.3 is 0 Å². The molecule has 0 aliphatic carbocycles. The van der Waals surface area contributed by atoms with Crippen molar-refractivity contribution in [2.45, 2.75) is 13.0 Å². The van der Waals surface area contributed by atoms with E-state index in [2.05, 4.69) is 0 Å². The van der Waals surface area contributed by atoms with Gasteiger partial charge in [0, 0.05) is 7.05 Å². The van der Waals surface area contributed by atoms with Crippen LogP contribution in [0.4, 0.5) is 5.69 Å². The van der Waals surface area contributed by atoms with Crippen molar-refractivity contribution in [1.29, 1.82) is 0 Å². The zero-order valence-electron chi connectivity index (χ0n) is 8.86. The summed E-state index contributed by atoms with van der Waals surface area (Å²) in [5, 5.41) is 0. The number of amides is 1. The first kappa shape index (κ1) is 9.98. The minimum Gasteiger partial charge on any atom is -0.489 e. The molecule has 0 saturated carbocycles. The Morgan fingerprint density at radius 1 is 1.53 bits per heavy atom. The van der Waals surface area contributed by atoms with E-state index in [1.807, 2.05) is 25.1 Å². The van der Waals surface area contributed by atoms with E-state index in [1.54, 1.807) is 11.9 Å². The number of carbonyl (C=O) groups excluding carboxylic acids is 1. The summed E-state index contributed by atoms with van der Waals surface area (Å²) in [6.45, 7) is 2.19. The Kier molecular flexibility index (Phi) is 2.36. The maximum absolute atomic E-state index is 11.7. The maximum atomic E-state index is 11.7. The van der Waals surface area contributed by atoms with Gasteiger partial charge in [-0.3, -0.25) is 4.79 Å². The second kappa shape index (κ2) is 3.55. The van der Waals surface area contributed by atoms with E-state index in [0.717, 1.165) is 17.0 Å². The molecule has 1 aromatic carbocycles. The van der Waals surface area contributed by atoms with Crippen LogP contribution in [0.1, 0.15) is 5.56 Å². The second-order valence-corrected chi connectivity index (χ2v) is 3.74. The number of hydrogen-bond donors (Lipinski definition) is 1. The van der Waals surface area contributed by atoms with Crippen molar-refractivity contribution < 1.29 is 9.53 Å². The van der Waals surface area contributed by atoms with Crippen LogP contribution in [-0.2, 0) is 4.79 Å². The quantitative estimate of drug-likeness (QED) is 0.679. The lowest BCUT2D eigenvalue weighted by Gasteiger charge is -2.18. The molecule has 1 aliphatic heterocycles. The number of ether oxygens (including phenoxy) is 1. The summed E-state index contributed by atoms with van der Waals surface area (Å²) >= 11 is 0. The van der Waals surface area contributed by atoms with Crippen molar-refractivity contribution in [3.05, 3.63) is 23.8 Å². The van der Waals surface area contributed by atoms with Crippen LogP contribution in [0.3, 0.4) is 0 Å². The highest BCUT2D eigenvalue weighted by Gasteiger charge is 2.26. The van der Waals surface area contributed by atoms with Crippen LogP contribution < -0.4 is 15.4 Å². The van der Waals surface area contributed by atoms with Crippen molar-refractivity contribution in [3.8, 4) is 5.75 Å². The van der Waals surface area contributed by atoms with E-state index in [-0.39, 0.29) is 12.5 Å². The number of hydrogen-bond acceptors (Lipinski definition) is 3.